The van der Waals surface area contributed by atoms with Crippen molar-refractivity contribution in [3.63, 3.8) is 0 Å². The first kappa shape index (κ1) is 11.9. The fourth-order valence-corrected chi connectivity index (χ4v) is 1.89. The molecule has 3 nitrogen and oxygen atoms in total. The van der Waals surface area contributed by atoms with E-state index in [1.165, 1.54) is 12.1 Å². The Balaban J connectivity index is 2.44. The minimum Gasteiger partial charge on any atom is -0.349 e. The van der Waals surface area contributed by atoms with Gasteiger partial charge < -0.3 is 10.3 Å². The highest BCUT2D eigenvalue weighted by atomic mass is 35.5. The van der Waals surface area contributed by atoms with Crippen molar-refractivity contribution < 1.29 is 9.18 Å². The van der Waals surface area contributed by atoms with Crippen LogP contribution in [0.2, 0.25) is 5.02 Å². The van der Waals surface area contributed by atoms with Crippen molar-refractivity contribution in [2.45, 2.75) is 19.9 Å². The van der Waals surface area contributed by atoms with Gasteiger partial charge in [-0.05, 0) is 32.0 Å². The van der Waals surface area contributed by atoms with Gasteiger partial charge >= 0.3 is 0 Å². The first-order valence-corrected chi connectivity index (χ1v) is 5.64. The summed E-state index contributed by atoms with van der Waals surface area (Å²) in [4.78, 5) is 14.6. The molecule has 0 aliphatic rings. The predicted molar refractivity (Wildman–Crippen MR) is 65.9 cm³/mol. The minimum atomic E-state index is -0.419. The molecule has 1 aromatic carbocycles. The van der Waals surface area contributed by atoms with Crippen LogP contribution in [0, 0.1) is 5.82 Å². The van der Waals surface area contributed by atoms with E-state index < -0.39 is 5.82 Å². The number of aromatic amines is 1. The average Bonchev–Trinajstić information content (AvgIpc) is 2.60. The van der Waals surface area contributed by atoms with Crippen LogP contribution in [-0.4, -0.2) is 16.9 Å². The van der Waals surface area contributed by atoms with Crippen molar-refractivity contribution >= 4 is 28.4 Å². The highest BCUT2D eigenvalue weighted by Crippen LogP contribution is 2.25. The normalized spacial score (nSPS) is 11.1. The molecular weight excluding hydrogens is 243 g/mol. The summed E-state index contributed by atoms with van der Waals surface area (Å²) in [5, 5.41) is 3.60. The molecule has 0 unspecified atom stereocenters. The summed E-state index contributed by atoms with van der Waals surface area (Å²) >= 11 is 5.88. The second-order valence-electron chi connectivity index (χ2n) is 4.16. The molecule has 2 aromatic rings. The number of H-pyrrole nitrogens is 1. The number of hydrogen-bond acceptors (Lipinski definition) is 1. The summed E-state index contributed by atoms with van der Waals surface area (Å²) in [5.74, 6) is -0.648. The molecular formula is C12H12ClFN2O. The van der Waals surface area contributed by atoms with E-state index in [1.807, 2.05) is 13.8 Å². The number of hydrogen-bond donors (Lipinski definition) is 2. The third-order valence-electron chi connectivity index (χ3n) is 2.31. The van der Waals surface area contributed by atoms with Crippen LogP contribution in [0.1, 0.15) is 24.3 Å². The number of benzene rings is 1. The van der Waals surface area contributed by atoms with Crippen LogP contribution >= 0.6 is 11.6 Å². The molecule has 90 valence electrons. The molecule has 1 amide bonds. The Kier molecular flexibility index (Phi) is 3.07. The third-order valence-corrected chi connectivity index (χ3v) is 2.61. The lowest BCUT2D eigenvalue weighted by molar-refractivity contribution is 0.0939. The summed E-state index contributed by atoms with van der Waals surface area (Å²) in [5.41, 5.74) is 0.947. The van der Waals surface area contributed by atoms with E-state index in [0.717, 1.165) is 0 Å². The Morgan fingerprint density at radius 1 is 1.41 bits per heavy atom. The van der Waals surface area contributed by atoms with E-state index >= 15 is 0 Å². The monoisotopic (exact) mass is 254 g/mol. The Hall–Kier alpha value is -1.55. The molecule has 1 aromatic heterocycles. The van der Waals surface area contributed by atoms with Gasteiger partial charge in [-0.3, -0.25) is 4.79 Å². The van der Waals surface area contributed by atoms with E-state index in [2.05, 4.69) is 10.3 Å². The lowest BCUT2D eigenvalue weighted by atomic mass is 10.2. The van der Waals surface area contributed by atoms with Gasteiger partial charge in [-0.25, -0.2) is 4.39 Å². The van der Waals surface area contributed by atoms with Gasteiger partial charge in [0.2, 0.25) is 0 Å². The van der Waals surface area contributed by atoms with E-state index in [9.17, 15) is 9.18 Å². The van der Waals surface area contributed by atoms with Gasteiger partial charge in [0.25, 0.3) is 5.91 Å². The number of aromatic nitrogens is 1. The van der Waals surface area contributed by atoms with Crippen LogP contribution in [0.5, 0.6) is 0 Å². The van der Waals surface area contributed by atoms with Crippen LogP contribution in [0.25, 0.3) is 10.9 Å². The second kappa shape index (κ2) is 4.37. The number of fused-ring (bicyclic) bond motifs is 1. The first-order valence-electron chi connectivity index (χ1n) is 5.26. The van der Waals surface area contributed by atoms with Gasteiger partial charge in [-0.1, -0.05) is 11.6 Å². The van der Waals surface area contributed by atoms with E-state index in [-0.39, 0.29) is 17.0 Å². The molecule has 0 aliphatic carbocycles. The maximum atomic E-state index is 13.1. The molecule has 0 spiro atoms. The van der Waals surface area contributed by atoms with Crippen molar-refractivity contribution in [3.8, 4) is 0 Å². The molecule has 0 fully saturated rings. The van der Waals surface area contributed by atoms with E-state index in [0.29, 0.717) is 16.6 Å². The number of carbonyl (C=O) groups is 1. The minimum absolute atomic E-state index is 0.0427. The van der Waals surface area contributed by atoms with Crippen LogP contribution in [0.15, 0.2) is 18.2 Å². The molecule has 0 bridgehead atoms. The van der Waals surface area contributed by atoms with Crippen molar-refractivity contribution in [2.24, 2.45) is 0 Å². The predicted octanol–water partition coefficient (Wildman–Crippen LogP) is 3.10. The van der Waals surface area contributed by atoms with Crippen molar-refractivity contribution in [3.05, 3.63) is 34.7 Å². The molecule has 0 saturated heterocycles. The van der Waals surface area contributed by atoms with Gasteiger partial charge in [0.15, 0.2) is 0 Å². The molecule has 5 heteroatoms. The standard InChI is InChI=1S/C12H12ClFN2O/c1-6(2)15-12(17)10-4-7-3-8(14)5-9(13)11(7)16-10/h3-6,16H,1-2H3,(H,15,17). The summed E-state index contributed by atoms with van der Waals surface area (Å²) in [6.07, 6.45) is 0. The highest BCUT2D eigenvalue weighted by molar-refractivity contribution is 6.35. The lowest BCUT2D eigenvalue weighted by Crippen LogP contribution is -2.30. The SMILES string of the molecule is CC(C)NC(=O)c1cc2cc(F)cc(Cl)c2[nH]1. The second-order valence-corrected chi connectivity index (χ2v) is 4.57. The molecule has 0 atom stereocenters. The third kappa shape index (κ3) is 2.42. The fraction of sp³-hybridized carbons (Fsp3) is 0.250. The number of nitrogens with one attached hydrogen (secondary N) is 2. The quantitative estimate of drug-likeness (QED) is 0.850. The van der Waals surface area contributed by atoms with Crippen molar-refractivity contribution in [1.29, 1.82) is 0 Å². The number of rotatable bonds is 2. The number of carbonyl (C=O) groups excluding carboxylic acids is 1. The first-order chi connectivity index (χ1) is 7.97. The maximum absolute atomic E-state index is 13.1. The zero-order chi connectivity index (χ0) is 12.6. The molecule has 2 N–H and O–H groups in total. The zero-order valence-electron chi connectivity index (χ0n) is 9.47. The van der Waals surface area contributed by atoms with Gasteiger partial charge in [0, 0.05) is 11.4 Å². The van der Waals surface area contributed by atoms with Crippen LogP contribution < -0.4 is 5.32 Å². The molecule has 0 aliphatic heterocycles. The number of halogens is 2. The largest absolute Gasteiger partial charge is 0.349 e. The summed E-state index contributed by atoms with van der Waals surface area (Å²) < 4.78 is 13.1. The van der Waals surface area contributed by atoms with Crippen LogP contribution in [-0.2, 0) is 0 Å². The maximum Gasteiger partial charge on any atom is 0.267 e. The topological polar surface area (TPSA) is 44.9 Å². The van der Waals surface area contributed by atoms with Crippen LogP contribution in [0.4, 0.5) is 4.39 Å². The van der Waals surface area contributed by atoms with Gasteiger partial charge in [-0.15, -0.1) is 0 Å². The lowest BCUT2D eigenvalue weighted by Gasteiger charge is -2.05. The van der Waals surface area contributed by atoms with Crippen molar-refractivity contribution in [1.82, 2.24) is 10.3 Å². The molecule has 1 heterocycles. The Labute approximate surface area is 103 Å². The van der Waals surface area contributed by atoms with E-state index in [4.69, 9.17) is 11.6 Å². The molecule has 0 radical (unpaired) electrons. The molecule has 0 saturated carbocycles. The van der Waals surface area contributed by atoms with Gasteiger partial charge in [0.05, 0.1) is 10.5 Å². The fourth-order valence-electron chi connectivity index (χ4n) is 1.63. The van der Waals surface area contributed by atoms with Gasteiger partial charge in [-0.2, -0.15) is 0 Å². The summed E-state index contributed by atoms with van der Waals surface area (Å²) in [7, 11) is 0. The van der Waals surface area contributed by atoms with Gasteiger partial charge in [0.1, 0.15) is 11.5 Å². The van der Waals surface area contributed by atoms with Crippen molar-refractivity contribution in [2.75, 3.05) is 0 Å². The Morgan fingerprint density at radius 3 is 2.76 bits per heavy atom. The molecule has 17 heavy (non-hydrogen) atoms. The summed E-state index contributed by atoms with van der Waals surface area (Å²) in [6.45, 7) is 3.74. The Morgan fingerprint density at radius 2 is 2.12 bits per heavy atom. The zero-order valence-corrected chi connectivity index (χ0v) is 10.2. The Bertz CT molecular complexity index is 577. The molecule has 2 rings (SSSR count). The van der Waals surface area contributed by atoms with E-state index in [1.54, 1.807) is 6.07 Å². The van der Waals surface area contributed by atoms with Crippen LogP contribution in [0.3, 0.4) is 0 Å². The number of amides is 1. The highest BCUT2D eigenvalue weighted by Gasteiger charge is 2.12. The summed E-state index contributed by atoms with van der Waals surface area (Å²) in [6, 6.07) is 4.18. The smallest absolute Gasteiger partial charge is 0.267 e. The average molecular weight is 255 g/mol.